The Morgan fingerprint density at radius 2 is 1.95 bits per heavy atom. The summed E-state index contributed by atoms with van der Waals surface area (Å²) < 4.78 is 1.43. The van der Waals surface area contributed by atoms with Gasteiger partial charge in [-0.3, -0.25) is 4.90 Å². The second-order valence-electron chi connectivity index (χ2n) is 5.87. The Hall–Kier alpha value is -0.130. The molecular formula is C16H23IN2. The van der Waals surface area contributed by atoms with Crippen LogP contribution in [0.5, 0.6) is 0 Å². The SMILES string of the molecule is Ic1ccccc1C1CCCN1CC1CCNCC1. The summed E-state index contributed by atoms with van der Waals surface area (Å²) in [6, 6.07) is 9.59. The zero-order valence-electron chi connectivity index (χ0n) is 11.4. The molecule has 0 aliphatic carbocycles. The second kappa shape index (κ2) is 6.55. The lowest BCUT2D eigenvalue weighted by molar-refractivity contribution is 0.192. The monoisotopic (exact) mass is 370 g/mol. The van der Waals surface area contributed by atoms with E-state index < -0.39 is 0 Å². The zero-order chi connectivity index (χ0) is 13.1. The molecule has 1 N–H and O–H groups in total. The molecule has 104 valence electrons. The summed E-state index contributed by atoms with van der Waals surface area (Å²) in [7, 11) is 0. The van der Waals surface area contributed by atoms with Crippen LogP contribution in [0.2, 0.25) is 0 Å². The van der Waals surface area contributed by atoms with Gasteiger partial charge in [0.25, 0.3) is 0 Å². The molecule has 2 nitrogen and oxygen atoms in total. The lowest BCUT2D eigenvalue weighted by Crippen LogP contribution is -2.36. The summed E-state index contributed by atoms with van der Waals surface area (Å²) in [5.41, 5.74) is 1.55. The van der Waals surface area contributed by atoms with Gasteiger partial charge in [0.15, 0.2) is 0 Å². The molecule has 1 atom stereocenters. The molecule has 2 heterocycles. The average Bonchev–Trinajstić information content (AvgIpc) is 2.88. The van der Waals surface area contributed by atoms with Gasteiger partial charge in [-0.1, -0.05) is 18.2 Å². The van der Waals surface area contributed by atoms with E-state index in [-0.39, 0.29) is 0 Å². The van der Waals surface area contributed by atoms with Crippen molar-refractivity contribution in [2.75, 3.05) is 26.2 Å². The predicted octanol–water partition coefficient (Wildman–Crippen LogP) is 3.43. The number of piperidine rings is 1. The van der Waals surface area contributed by atoms with Crippen molar-refractivity contribution in [3.63, 3.8) is 0 Å². The highest BCUT2D eigenvalue weighted by atomic mass is 127. The third-order valence-corrected chi connectivity index (χ3v) is 5.56. The van der Waals surface area contributed by atoms with Gasteiger partial charge in [0.1, 0.15) is 0 Å². The lowest BCUT2D eigenvalue weighted by Gasteiger charge is -2.31. The van der Waals surface area contributed by atoms with E-state index in [4.69, 9.17) is 0 Å². The number of rotatable bonds is 3. The standard InChI is InChI=1S/C16H23IN2/c17-15-5-2-1-4-14(15)16-6-3-11-19(16)12-13-7-9-18-10-8-13/h1-2,4-5,13,16,18H,3,6-12H2. The Morgan fingerprint density at radius 3 is 2.74 bits per heavy atom. The van der Waals surface area contributed by atoms with Crippen molar-refractivity contribution in [2.45, 2.75) is 31.7 Å². The molecule has 3 rings (SSSR count). The largest absolute Gasteiger partial charge is 0.317 e. The van der Waals surface area contributed by atoms with Crippen LogP contribution in [0.25, 0.3) is 0 Å². The average molecular weight is 370 g/mol. The minimum atomic E-state index is 0.669. The van der Waals surface area contributed by atoms with Crippen LogP contribution in [0.3, 0.4) is 0 Å². The van der Waals surface area contributed by atoms with Crippen molar-refractivity contribution in [1.82, 2.24) is 10.2 Å². The maximum Gasteiger partial charge on any atom is 0.0359 e. The molecule has 0 bridgehead atoms. The number of hydrogen-bond donors (Lipinski definition) is 1. The van der Waals surface area contributed by atoms with Crippen molar-refractivity contribution in [2.24, 2.45) is 5.92 Å². The maximum atomic E-state index is 3.47. The summed E-state index contributed by atoms with van der Waals surface area (Å²) in [4.78, 5) is 2.74. The van der Waals surface area contributed by atoms with Gasteiger partial charge in [-0.05, 0) is 85.5 Å². The first-order valence-electron chi connectivity index (χ1n) is 7.54. The predicted molar refractivity (Wildman–Crippen MR) is 88.3 cm³/mol. The second-order valence-corrected chi connectivity index (χ2v) is 7.03. The molecule has 3 heteroatoms. The van der Waals surface area contributed by atoms with Gasteiger partial charge < -0.3 is 5.32 Å². The zero-order valence-corrected chi connectivity index (χ0v) is 13.6. The molecule has 1 aromatic carbocycles. The van der Waals surface area contributed by atoms with Gasteiger partial charge in [-0.2, -0.15) is 0 Å². The topological polar surface area (TPSA) is 15.3 Å². The number of halogens is 1. The minimum absolute atomic E-state index is 0.669. The molecule has 0 spiro atoms. The number of nitrogens with one attached hydrogen (secondary N) is 1. The molecule has 0 saturated carbocycles. The van der Waals surface area contributed by atoms with Crippen molar-refractivity contribution in [3.8, 4) is 0 Å². The number of hydrogen-bond acceptors (Lipinski definition) is 2. The first-order chi connectivity index (χ1) is 9.34. The highest BCUT2D eigenvalue weighted by molar-refractivity contribution is 14.1. The van der Waals surface area contributed by atoms with Crippen LogP contribution in [0.15, 0.2) is 24.3 Å². The smallest absolute Gasteiger partial charge is 0.0359 e. The fraction of sp³-hybridized carbons (Fsp3) is 0.625. The van der Waals surface area contributed by atoms with Crippen molar-refractivity contribution < 1.29 is 0 Å². The first-order valence-corrected chi connectivity index (χ1v) is 8.61. The molecule has 0 radical (unpaired) electrons. The Balaban J connectivity index is 1.69. The quantitative estimate of drug-likeness (QED) is 0.821. The Kier molecular flexibility index (Phi) is 4.77. The van der Waals surface area contributed by atoms with E-state index in [1.807, 2.05) is 0 Å². The van der Waals surface area contributed by atoms with Gasteiger partial charge in [0.05, 0.1) is 0 Å². The van der Waals surface area contributed by atoms with Gasteiger partial charge in [-0.15, -0.1) is 0 Å². The van der Waals surface area contributed by atoms with Crippen LogP contribution in [0.4, 0.5) is 0 Å². The molecule has 1 unspecified atom stereocenters. The minimum Gasteiger partial charge on any atom is -0.317 e. The molecular weight excluding hydrogens is 347 g/mol. The molecule has 0 aromatic heterocycles. The van der Waals surface area contributed by atoms with Gasteiger partial charge >= 0.3 is 0 Å². The van der Waals surface area contributed by atoms with E-state index >= 15 is 0 Å². The van der Waals surface area contributed by atoms with Crippen LogP contribution in [0, 0.1) is 9.49 Å². The highest BCUT2D eigenvalue weighted by Gasteiger charge is 2.29. The lowest BCUT2D eigenvalue weighted by atomic mass is 9.96. The number of likely N-dealkylation sites (tertiary alicyclic amines) is 1. The van der Waals surface area contributed by atoms with Crippen molar-refractivity contribution in [3.05, 3.63) is 33.4 Å². The molecule has 19 heavy (non-hydrogen) atoms. The third kappa shape index (κ3) is 3.31. The summed E-state index contributed by atoms with van der Waals surface area (Å²) >= 11 is 2.49. The van der Waals surface area contributed by atoms with Crippen LogP contribution in [-0.4, -0.2) is 31.1 Å². The summed E-state index contributed by atoms with van der Waals surface area (Å²) in [6.07, 6.45) is 5.41. The van der Waals surface area contributed by atoms with E-state index in [9.17, 15) is 0 Å². The highest BCUT2D eigenvalue weighted by Crippen LogP contribution is 2.35. The fourth-order valence-electron chi connectivity index (χ4n) is 3.54. The van der Waals surface area contributed by atoms with Crippen LogP contribution in [-0.2, 0) is 0 Å². The summed E-state index contributed by atoms with van der Waals surface area (Å²) in [6.45, 7) is 5.02. The van der Waals surface area contributed by atoms with Gasteiger partial charge in [0, 0.05) is 16.2 Å². The number of benzene rings is 1. The Labute approximate surface area is 130 Å². The fourth-order valence-corrected chi connectivity index (χ4v) is 4.28. The van der Waals surface area contributed by atoms with E-state index in [0.29, 0.717) is 6.04 Å². The van der Waals surface area contributed by atoms with Crippen LogP contribution >= 0.6 is 22.6 Å². The van der Waals surface area contributed by atoms with Crippen LogP contribution in [0.1, 0.15) is 37.3 Å². The molecule has 2 saturated heterocycles. The van der Waals surface area contributed by atoms with E-state index in [1.54, 1.807) is 5.56 Å². The molecule has 2 aliphatic rings. The number of nitrogens with zero attached hydrogens (tertiary/aromatic N) is 1. The summed E-state index contributed by atoms with van der Waals surface area (Å²) in [5, 5.41) is 3.47. The van der Waals surface area contributed by atoms with E-state index in [1.165, 1.54) is 55.4 Å². The van der Waals surface area contributed by atoms with Crippen molar-refractivity contribution >= 4 is 22.6 Å². The normalized spacial score (nSPS) is 25.8. The van der Waals surface area contributed by atoms with E-state index in [2.05, 4.69) is 57.1 Å². The van der Waals surface area contributed by atoms with Gasteiger partial charge in [0.2, 0.25) is 0 Å². The van der Waals surface area contributed by atoms with E-state index in [0.717, 1.165) is 5.92 Å². The van der Waals surface area contributed by atoms with Crippen molar-refractivity contribution in [1.29, 1.82) is 0 Å². The summed E-state index contributed by atoms with van der Waals surface area (Å²) in [5.74, 6) is 0.906. The molecule has 1 aromatic rings. The Morgan fingerprint density at radius 1 is 1.16 bits per heavy atom. The Bertz CT molecular complexity index is 415. The van der Waals surface area contributed by atoms with Crippen LogP contribution < -0.4 is 5.32 Å². The maximum absolute atomic E-state index is 3.47. The molecule has 2 aliphatic heterocycles. The first kappa shape index (κ1) is 13.8. The third-order valence-electron chi connectivity index (χ3n) is 4.58. The van der Waals surface area contributed by atoms with Gasteiger partial charge in [-0.25, -0.2) is 0 Å². The molecule has 0 amide bonds. The molecule has 2 fully saturated rings.